The highest BCUT2D eigenvalue weighted by Gasteiger charge is 2.22. The van der Waals surface area contributed by atoms with E-state index in [2.05, 4.69) is 26.9 Å². The van der Waals surface area contributed by atoms with Gasteiger partial charge < -0.3 is 9.64 Å². The van der Waals surface area contributed by atoms with E-state index in [1.165, 1.54) is 31.7 Å². The van der Waals surface area contributed by atoms with Crippen molar-refractivity contribution in [1.82, 2.24) is 9.88 Å². The zero-order chi connectivity index (χ0) is 12.2. The second-order valence-corrected chi connectivity index (χ2v) is 5.22. The minimum absolute atomic E-state index is 0.762. The van der Waals surface area contributed by atoms with Crippen LogP contribution in [-0.2, 0) is 4.74 Å². The summed E-state index contributed by atoms with van der Waals surface area (Å²) >= 11 is 0. The number of anilines is 1. The van der Waals surface area contributed by atoms with E-state index < -0.39 is 0 Å². The van der Waals surface area contributed by atoms with Crippen LogP contribution in [0.1, 0.15) is 6.42 Å². The summed E-state index contributed by atoms with van der Waals surface area (Å²) in [5, 5.41) is 0. The molecule has 3 heterocycles. The molecule has 0 aliphatic carbocycles. The number of rotatable bonds is 3. The van der Waals surface area contributed by atoms with Gasteiger partial charge in [0, 0.05) is 57.4 Å². The molecule has 3 rings (SSSR count). The van der Waals surface area contributed by atoms with Crippen LogP contribution in [0.25, 0.3) is 0 Å². The Labute approximate surface area is 109 Å². The zero-order valence-electron chi connectivity index (χ0n) is 10.8. The van der Waals surface area contributed by atoms with E-state index in [0.717, 1.165) is 32.2 Å². The normalized spacial score (nSPS) is 25.6. The summed E-state index contributed by atoms with van der Waals surface area (Å²) in [4.78, 5) is 9.10. The predicted octanol–water partition coefficient (Wildman–Crippen LogP) is 1.24. The third-order valence-electron chi connectivity index (χ3n) is 3.94. The molecule has 4 nitrogen and oxygen atoms in total. The summed E-state index contributed by atoms with van der Waals surface area (Å²) in [6.45, 7) is 7.71. The zero-order valence-corrected chi connectivity index (χ0v) is 10.8. The quantitative estimate of drug-likeness (QED) is 0.803. The molecule has 2 aliphatic heterocycles. The van der Waals surface area contributed by atoms with E-state index in [1.54, 1.807) is 0 Å². The minimum Gasteiger partial charge on any atom is -0.381 e. The average Bonchev–Trinajstić information content (AvgIpc) is 2.94. The van der Waals surface area contributed by atoms with Crippen LogP contribution < -0.4 is 4.90 Å². The molecule has 2 aliphatic rings. The van der Waals surface area contributed by atoms with Crippen LogP contribution >= 0.6 is 0 Å². The highest BCUT2D eigenvalue weighted by molar-refractivity contribution is 5.44. The molecular formula is C14H21N3O. The Kier molecular flexibility index (Phi) is 3.76. The molecule has 2 fully saturated rings. The Morgan fingerprint density at radius 2 is 1.94 bits per heavy atom. The van der Waals surface area contributed by atoms with Crippen molar-refractivity contribution in [3.05, 3.63) is 24.5 Å². The van der Waals surface area contributed by atoms with E-state index >= 15 is 0 Å². The van der Waals surface area contributed by atoms with Gasteiger partial charge in [-0.1, -0.05) is 0 Å². The molecule has 18 heavy (non-hydrogen) atoms. The van der Waals surface area contributed by atoms with Gasteiger partial charge in [0.1, 0.15) is 0 Å². The lowest BCUT2D eigenvalue weighted by atomic mass is 10.1. The van der Waals surface area contributed by atoms with Crippen LogP contribution in [0.5, 0.6) is 0 Å². The smallest absolute Gasteiger partial charge is 0.0507 e. The number of aromatic nitrogens is 1. The number of hydrogen-bond donors (Lipinski definition) is 0. The lowest BCUT2D eigenvalue weighted by molar-refractivity contribution is 0.164. The molecule has 0 aromatic carbocycles. The average molecular weight is 247 g/mol. The van der Waals surface area contributed by atoms with E-state index in [0.29, 0.717) is 0 Å². The van der Waals surface area contributed by atoms with Gasteiger partial charge in [-0.15, -0.1) is 0 Å². The summed E-state index contributed by atoms with van der Waals surface area (Å²) in [6.07, 6.45) is 4.99. The highest BCUT2D eigenvalue weighted by atomic mass is 16.5. The molecule has 0 amide bonds. The lowest BCUT2D eigenvalue weighted by Gasteiger charge is -2.36. The summed E-state index contributed by atoms with van der Waals surface area (Å²) in [7, 11) is 0. The first-order chi connectivity index (χ1) is 8.92. The van der Waals surface area contributed by atoms with Crippen molar-refractivity contribution in [2.75, 3.05) is 50.8 Å². The molecule has 0 radical (unpaired) electrons. The molecule has 1 atom stereocenters. The largest absolute Gasteiger partial charge is 0.381 e. The summed E-state index contributed by atoms with van der Waals surface area (Å²) in [5.41, 5.74) is 1.30. The van der Waals surface area contributed by atoms with Crippen LogP contribution in [0, 0.1) is 5.92 Å². The molecule has 1 aromatic rings. The maximum Gasteiger partial charge on any atom is 0.0507 e. The fraction of sp³-hybridized carbons (Fsp3) is 0.643. The molecule has 4 heteroatoms. The van der Waals surface area contributed by atoms with Gasteiger partial charge in [0.15, 0.2) is 0 Å². The molecule has 2 saturated heterocycles. The number of nitrogens with zero attached hydrogens (tertiary/aromatic N) is 3. The van der Waals surface area contributed by atoms with E-state index in [9.17, 15) is 0 Å². The molecule has 0 spiro atoms. The fourth-order valence-electron chi connectivity index (χ4n) is 2.84. The second kappa shape index (κ2) is 5.67. The molecule has 0 N–H and O–H groups in total. The highest BCUT2D eigenvalue weighted by Crippen LogP contribution is 2.18. The van der Waals surface area contributed by atoms with Crippen LogP contribution in [-0.4, -0.2) is 55.8 Å². The number of piperazine rings is 1. The van der Waals surface area contributed by atoms with Gasteiger partial charge in [0.05, 0.1) is 6.61 Å². The number of ether oxygens (including phenoxy) is 1. The third kappa shape index (κ3) is 2.82. The monoisotopic (exact) mass is 247 g/mol. The Morgan fingerprint density at radius 1 is 1.17 bits per heavy atom. The van der Waals surface area contributed by atoms with E-state index in [-0.39, 0.29) is 0 Å². The van der Waals surface area contributed by atoms with Gasteiger partial charge in [-0.25, -0.2) is 0 Å². The van der Waals surface area contributed by atoms with Crippen LogP contribution in [0.2, 0.25) is 0 Å². The Hall–Kier alpha value is -1.13. The topological polar surface area (TPSA) is 28.6 Å². The first-order valence-electron chi connectivity index (χ1n) is 6.87. The second-order valence-electron chi connectivity index (χ2n) is 5.22. The SMILES string of the molecule is c1cc(N2CCN(C[C@@H]3CCOC3)CC2)ccn1. The molecule has 1 aromatic heterocycles. The van der Waals surface area contributed by atoms with Crippen molar-refractivity contribution < 1.29 is 4.74 Å². The van der Waals surface area contributed by atoms with Crippen molar-refractivity contribution in [2.24, 2.45) is 5.92 Å². The summed E-state index contributed by atoms with van der Waals surface area (Å²) in [5.74, 6) is 0.762. The van der Waals surface area contributed by atoms with Crippen LogP contribution in [0.3, 0.4) is 0 Å². The van der Waals surface area contributed by atoms with E-state index in [4.69, 9.17) is 4.74 Å². The van der Waals surface area contributed by atoms with Gasteiger partial charge in [-0.3, -0.25) is 9.88 Å². The number of hydrogen-bond acceptors (Lipinski definition) is 4. The van der Waals surface area contributed by atoms with Crippen LogP contribution in [0.4, 0.5) is 5.69 Å². The van der Waals surface area contributed by atoms with Gasteiger partial charge >= 0.3 is 0 Å². The first kappa shape index (κ1) is 11.9. The van der Waals surface area contributed by atoms with Gasteiger partial charge in [0.25, 0.3) is 0 Å². The van der Waals surface area contributed by atoms with Crippen molar-refractivity contribution in [2.45, 2.75) is 6.42 Å². The number of pyridine rings is 1. The predicted molar refractivity (Wildman–Crippen MR) is 71.8 cm³/mol. The Balaban J connectivity index is 1.49. The van der Waals surface area contributed by atoms with Crippen molar-refractivity contribution in [1.29, 1.82) is 0 Å². The summed E-state index contributed by atoms with van der Waals surface area (Å²) < 4.78 is 5.45. The molecule has 0 saturated carbocycles. The van der Waals surface area contributed by atoms with E-state index in [1.807, 2.05) is 12.4 Å². The Morgan fingerprint density at radius 3 is 2.61 bits per heavy atom. The van der Waals surface area contributed by atoms with Gasteiger partial charge in [-0.05, 0) is 24.5 Å². The minimum atomic E-state index is 0.762. The molecule has 0 bridgehead atoms. The van der Waals surface area contributed by atoms with Gasteiger partial charge in [0.2, 0.25) is 0 Å². The van der Waals surface area contributed by atoms with Crippen molar-refractivity contribution in [3.8, 4) is 0 Å². The molecular weight excluding hydrogens is 226 g/mol. The maximum atomic E-state index is 5.45. The summed E-state index contributed by atoms with van der Waals surface area (Å²) in [6, 6.07) is 4.20. The van der Waals surface area contributed by atoms with Crippen molar-refractivity contribution in [3.63, 3.8) is 0 Å². The molecule has 0 unspecified atom stereocenters. The Bertz CT molecular complexity index is 357. The lowest BCUT2D eigenvalue weighted by Crippen LogP contribution is -2.47. The third-order valence-corrected chi connectivity index (χ3v) is 3.94. The van der Waals surface area contributed by atoms with Crippen LogP contribution in [0.15, 0.2) is 24.5 Å². The molecule has 98 valence electrons. The maximum absolute atomic E-state index is 5.45. The first-order valence-corrected chi connectivity index (χ1v) is 6.87. The van der Waals surface area contributed by atoms with Crippen molar-refractivity contribution >= 4 is 5.69 Å². The van der Waals surface area contributed by atoms with Gasteiger partial charge in [-0.2, -0.15) is 0 Å². The standard InChI is InChI=1S/C14H21N3O/c1-4-15-5-2-14(1)17-8-6-16(7-9-17)11-13-3-10-18-12-13/h1-2,4-5,13H,3,6-12H2/t13-/m0/s1. The fourth-order valence-corrected chi connectivity index (χ4v) is 2.84.